The molecular weight excluding hydrogens is 266 g/mol. The molecule has 1 atom stereocenters. The minimum Gasteiger partial charge on any atom is -0.496 e. The molecule has 0 aliphatic carbocycles. The molecule has 0 bridgehead atoms. The highest BCUT2D eigenvalue weighted by Gasteiger charge is 2.17. The molecule has 0 aromatic heterocycles. The van der Waals surface area contributed by atoms with Crippen LogP contribution in [0.1, 0.15) is 11.1 Å². The first-order valence-corrected chi connectivity index (χ1v) is 6.82. The van der Waals surface area contributed by atoms with Gasteiger partial charge in [-0.1, -0.05) is 48.5 Å². The first-order chi connectivity index (χ1) is 10.2. The Morgan fingerprint density at radius 3 is 2.48 bits per heavy atom. The number of methoxy groups -OCH3 is 1. The molecule has 2 aromatic carbocycles. The minimum absolute atomic E-state index is 0.450. The van der Waals surface area contributed by atoms with Gasteiger partial charge in [0.15, 0.2) is 0 Å². The maximum Gasteiger partial charge on any atom is 0.321 e. The van der Waals surface area contributed by atoms with Crippen molar-refractivity contribution in [2.75, 3.05) is 7.11 Å². The number of aliphatic carboxylic acids is 1. The molecule has 0 unspecified atom stereocenters. The summed E-state index contributed by atoms with van der Waals surface area (Å²) >= 11 is 0. The summed E-state index contributed by atoms with van der Waals surface area (Å²) in [7, 11) is 1.61. The molecule has 0 spiro atoms. The predicted octanol–water partition coefficient (Wildman–Crippen LogP) is 2.48. The van der Waals surface area contributed by atoms with E-state index in [1.807, 2.05) is 54.6 Å². The largest absolute Gasteiger partial charge is 0.496 e. The molecule has 0 aliphatic heterocycles. The third kappa shape index (κ3) is 4.33. The van der Waals surface area contributed by atoms with Gasteiger partial charge in [0.05, 0.1) is 7.11 Å². The lowest BCUT2D eigenvalue weighted by Crippen LogP contribution is -2.38. The highest BCUT2D eigenvalue weighted by molar-refractivity contribution is 5.73. The lowest BCUT2D eigenvalue weighted by atomic mass is 10.1. The molecule has 0 fully saturated rings. The van der Waals surface area contributed by atoms with E-state index in [9.17, 15) is 9.90 Å². The van der Waals surface area contributed by atoms with E-state index in [-0.39, 0.29) is 0 Å². The number of para-hydroxylation sites is 1. The molecule has 21 heavy (non-hydrogen) atoms. The molecule has 0 amide bonds. The van der Waals surface area contributed by atoms with Gasteiger partial charge in [0.1, 0.15) is 11.8 Å². The SMILES string of the molecule is COc1ccccc1CN[C@@H](Cc1ccccc1)C(=O)O. The summed E-state index contributed by atoms with van der Waals surface area (Å²) in [5.41, 5.74) is 1.94. The number of rotatable bonds is 7. The predicted molar refractivity (Wildman–Crippen MR) is 81.4 cm³/mol. The smallest absolute Gasteiger partial charge is 0.321 e. The van der Waals surface area contributed by atoms with Gasteiger partial charge in [-0.05, 0) is 18.1 Å². The topological polar surface area (TPSA) is 58.6 Å². The molecule has 2 aromatic rings. The first kappa shape index (κ1) is 15.1. The number of hydrogen-bond acceptors (Lipinski definition) is 3. The second-order valence-corrected chi connectivity index (χ2v) is 4.77. The second-order valence-electron chi connectivity index (χ2n) is 4.77. The highest BCUT2D eigenvalue weighted by Crippen LogP contribution is 2.17. The van der Waals surface area contributed by atoms with Gasteiger partial charge in [0.2, 0.25) is 0 Å². The van der Waals surface area contributed by atoms with Gasteiger partial charge >= 0.3 is 5.97 Å². The first-order valence-electron chi connectivity index (χ1n) is 6.82. The van der Waals surface area contributed by atoms with Gasteiger partial charge in [-0.15, -0.1) is 0 Å². The molecule has 0 saturated carbocycles. The monoisotopic (exact) mass is 285 g/mol. The normalized spacial score (nSPS) is 11.9. The molecule has 2 rings (SSSR count). The van der Waals surface area contributed by atoms with E-state index in [0.717, 1.165) is 16.9 Å². The molecule has 2 N–H and O–H groups in total. The van der Waals surface area contributed by atoms with Gasteiger partial charge in [-0.2, -0.15) is 0 Å². The Morgan fingerprint density at radius 1 is 1.14 bits per heavy atom. The number of carbonyl (C=O) groups is 1. The van der Waals surface area contributed by atoms with Crippen LogP contribution in [0.4, 0.5) is 0 Å². The number of nitrogens with one attached hydrogen (secondary N) is 1. The number of benzene rings is 2. The van der Waals surface area contributed by atoms with E-state index in [2.05, 4.69) is 5.32 Å². The molecule has 0 saturated heterocycles. The van der Waals surface area contributed by atoms with Gasteiger partial charge in [0.25, 0.3) is 0 Å². The van der Waals surface area contributed by atoms with E-state index in [4.69, 9.17) is 4.74 Å². The Balaban J connectivity index is 2.02. The van der Waals surface area contributed by atoms with Crippen LogP contribution >= 0.6 is 0 Å². The summed E-state index contributed by atoms with van der Waals surface area (Å²) in [4.78, 5) is 11.4. The van der Waals surface area contributed by atoms with Gasteiger partial charge < -0.3 is 9.84 Å². The van der Waals surface area contributed by atoms with Crippen molar-refractivity contribution < 1.29 is 14.6 Å². The fourth-order valence-electron chi connectivity index (χ4n) is 2.18. The number of hydrogen-bond donors (Lipinski definition) is 2. The Morgan fingerprint density at radius 2 is 1.81 bits per heavy atom. The molecule has 110 valence electrons. The summed E-state index contributed by atoms with van der Waals surface area (Å²) in [6.07, 6.45) is 0.450. The van der Waals surface area contributed by atoms with E-state index < -0.39 is 12.0 Å². The van der Waals surface area contributed by atoms with Crippen LogP contribution in [0.25, 0.3) is 0 Å². The number of carboxylic acids is 1. The zero-order valence-corrected chi connectivity index (χ0v) is 12.0. The Hall–Kier alpha value is -2.33. The van der Waals surface area contributed by atoms with Crippen LogP contribution in [-0.4, -0.2) is 24.2 Å². The number of carboxylic acid groups (broad SMARTS) is 1. The quantitative estimate of drug-likeness (QED) is 0.820. The average Bonchev–Trinajstić information content (AvgIpc) is 2.52. The molecule has 0 radical (unpaired) electrons. The fourth-order valence-corrected chi connectivity index (χ4v) is 2.18. The fraction of sp³-hybridized carbons (Fsp3) is 0.235. The summed E-state index contributed by atoms with van der Waals surface area (Å²) < 4.78 is 5.27. The summed E-state index contributed by atoms with van der Waals surface area (Å²) in [5, 5.41) is 12.4. The lowest BCUT2D eigenvalue weighted by molar-refractivity contribution is -0.139. The van der Waals surface area contributed by atoms with Crippen molar-refractivity contribution in [2.24, 2.45) is 0 Å². The van der Waals surface area contributed by atoms with Crippen molar-refractivity contribution >= 4 is 5.97 Å². The second kappa shape index (κ2) is 7.45. The summed E-state index contributed by atoms with van der Waals surface area (Å²) in [6, 6.07) is 16.6. The van der Waals surface area contributed by atoms with E-state index >= 15 is 0 Å². The zero-order valence-electron chi connectivity index (χ0n) is 12.0. The zero-order chi connectivity index (χ0) is 15.1. The Kier molecular flexibility index (Phi) is 5.35. The van der Waals surface area contributed by atoms with Crippen LogP contribution in [-0.2, 0) is 17.8 Å². The molecule has 0 heterocycles. The van der Waals surface area contributed by atoms with Crippen LogP contribution < -0.4 is 10.1 Å². The molecule has 4 nitrogen and oxygen atoms in total. The van der Waals surface area contributed by atoms with E-state index in [0.29, 0.717) is 13.0 Å². The molecule has 0 aliphatic rings. The van der Waals surface area contributed by atoms with Crippen molar-refractivity contribution in [3.63, 3.8) is 0 Å². The van der Waals surface area contributed by atoms with Crippen LogP contribution in [0.2, 0.25) is 0 Å². The maximum atomic E-state index is 11.4. The van der Waals surface area contributed by atoms with Crippen LogP contribution in [0.15, 0.2) is 54.6 Å². The standard InChI is InChI=1S/C17H19NO3/c1-21-16-10-6-5-9-14(16)12-18-15(17(19)20)11-13-7-3-2-4-8-13/h2-10,15,18H,11-12H2,1H3,(H,19,20)/t15-/m0/s1. The van der Waals surface area contributed by atoms with Gasteiger partial charge in [0, 0.05) is 12.1 Å². The average molecular weight is 285 g/mol. The number of ether oxygens (including phenoxy) is 1. The van der Waals surface area contributed by atoms with Crippen molar-refractivity contribution in [3.8, 4) is 5.75 Å². The van der Waals surface area contributed by atoms with Crippen molar-refractivity contribution in [1.82, 2.24) is 5.32 Å². The lowest BCUT2D eigenvalue weighted by Gasteiger charge is -2.16. The van der Waals surface area contributed by atoms with E-state index in [1.165, 1.54) is 0 Å². The highest BCUT2D eigenvalue weighted by atomic mass is 16.5. The minimum atomic E-state index is -0.853. The van der Waals surface area contributed by atoms with Crippen LogP contribution in [0.3, 0.4) is 0 Å². The molecule has 4 heteroatoms. The maximum absolute atomic E-state index is 11.4. The van der Waals surface area contributed by atoms with Crippen LogP contribution in [0.5, 0.6) is 5.75 Å². The van der Waals surface area contributed by atoms with Crippen molar-refractivity contribution in [1.29, 1.82) is 0 Å². The molecular formula is C17H19NO3. The summed E-state index contributed by atoms with van der Waals surface area (Å²) in [6.45, 7) is 0.452. The van der Waals surface area contributed by atoms with Crippen molar-refractivity contribution in [2.45, 2.75) is 19.0 Å². The third-order valence-corrected chi connectivity index (χ3v) is 3.31. The Labute approximate surface area is 124 Å². The van der Waals surface area contributed by atoms with Crippen LogP contribution in [0, 0.1) is 0 Å². The van der Waals surface area contributed by atoms with Gasteiger partial charge in [-0.3, -0.25) is 10.1 Å². The summed E-state index contributed by atoms with van der Waals surface area (Å²) in [5.74, 6) is -0.0948. The third-order valence-electron chi connectivity index (χ3n) is 3.31. The Bertz CT molecular complexity index is 584. The van der Waals surface area contributed by atoms with Crippen molar-refractivity contribution in [3.05, 3.63) is 65.7 Å². The van der Waals surface area contributed by atoms with Gasteiger partial charge in [-0.25, -0.2) is 0 Å². The van der Waals surface area contributed by atoms with E-state index in [1.54, 1.807) is 7.11 Å².